The van der Waals surface area contributed by atoms with Gasteiger partial charge in [-0.15, -0.1) is 0 Å². The lowest BCUT2D eigenvalue weighted by Gasteiger charge is -2.19. The molecule has 4 heteroatoms. The first-order valence-electron chi connectivity index (χ1n) is 6.23. The van der Waals surface area contributed by atoms with E-state index in [1.54, 1.807) is 4.68 Å². The lowest BCUT2D eigenvalue weighted by Crippen LogP contribution is -2.20. The van der Waals surface area contributed by atoms with Gasteiger partial charge in [0.2, 0.25) is 0 Å². The Kier molecular flexibility index (Phi) is 3.57. The first kappa shape index (κ1) is 13.2. The summed E-state index contributed by atoms with van der Waals surface area (Å²) in [6.07, 6.45) is 0. The van der Waals surface area contributed by atoms with Crippen molar-refractivity contribution >= 4 is 5.82 Å². The van der Waals surface area contributed by atoms with Gasteiger partial charge in [0.05, 0.1) is 5.69 Å². The van der Waals surface area contributed by atoms with Crippen molar-refractivity contribution < 1.29 is 0 Å². The molecule has 0 bridgehead atoms. The summed E-state index contributed by atoms with van der Waals surface area (Å²) in [5, 5.41) is 13.5. The molecule has 1 aromatic heterocycles. The summed E-state index contributed by atoms with van der Waals surface area (Å²) in [5.74, 6) is 0.862. The third kappa shape index (κ3) is 2.60. The molecule has 0 saturated carbocycles. The highest BCUT2D eigenvalue weighted by atomic mass is 15.4. The molecule has 1 heterocycles. The van der Waals surface area contributed by atoms with Gasteiger partial charge < -0.3 is 4.90 Å². The van der Waals surface area contributed by atoms with Crippen molar-refractivity contribution in [3.8, 4) is 6.07 Å². The molecule has 0 aliphatic heterocycles. The predicted octanol–water partition coefficient (Wildman–Crippen LogP) is 2.55. The van der Waals surface area contributed by atoms with E-state index < -0.39 is 0 Å². The molecule has 0 spiro atoms. The molecule has 2 aromatic rings. The Balaban J connectivity index is 2.28. The maximum atomic E-state index is 9.23. The van der Waals surface area contributed by atoms with Crippen LogP contribution in [-0.2, 0) is 13.6 Å². The van der Waals surface area contributed by atoms with E-state index in [4.69, 9.17) is 0 Å². The quantitative estimate of drug-likeness (QED) is 0.845. The van der Waals surface area contributed by atoms with E-state index in [1.807, 2.05) is 21.0 Å². The Bertz CT molecular complexity index is 617. The number of aromatic nitrogens is 2. The highest BCUT2D eigenvalue weighted by Crippen LogP contribution is 2.22. The molecular formula is C15H18N4. The van der Waals surface area contributed by atoms with Crippen molar-refractivity contribution in [3.63, 3.8) is 0 Å². The minimum Gasteiger partial charge on any atom is -0.354 e. The van der Waals surface area contributed by atoms with Crippen LogP contribution in [0.2, 0.25) is 0 Å². The molecule has 0 radical (unpaired) electrons. The van der Waals surface area contributed by atoms with E-state index >= 15 is 0 Å². The number of hydrogen-bond acceptors (Lipinski definition) is 3. The van der Waals surface area contributed by atoms with Gasteiger partial charge in [-0.1, -0.05) is 29.8 Å². The summed E-state index contributed by atoms with van der Waals surface area (Å²) in [6, 6.07) is 10.7. The molecule has 0 N–H and O–H groups in total. The minimum absolute atomic E-state index is 0.650. The molecule has 4 nitrogen and oxygen atoms in total. The maximum absolute atomic E-state index is 9.23. The molecule has 1 aromatic carbocycles. The van der Waals surface area contributed by atoms with Gasteiger partial charge in [0.1, 0.15) is 17.5 Å². The van der Waals surface area contributed by atoms with Gasteiger partial charge in [-0.25, -0.2) is 0 Å². The largest absolute Gasteiger partial charge is 0.354 e. The lowest BCUT2D eigenvalue weighted by atomic mass is 10.1. The molecule has 19 heavy (non-hydrogen) atoms. The van der Waals surface area contributed by atoms with Gasteiger partial charge in [-0.2, -0.15) is 10.4 Å². The Morgan fingerprint density at radius 3 is 2.47 bits per heavy atom. The van der Waals surface area contributed by atoms with Crippen molar-refractivity contribution in [3.05, 3.63) is 46.6 Å². The summed E-state index contributed by atoms with van der Waals surface area (Å²) >= 11 is 0. The molecule has 2 rings (SSSR count). The second-order valence-electron chi connectivity index (χ2n) is 4.86. The zero-order valence-corrected chi connectivity index (χ0v) is 11.8. The molecule has 0 aliphatic carbocycles. The molecule has 0 amide bonds. The van der Waals surface area contributed by atoms with Crippen molar-refractivity contribution in [1.29, 1.82) is 5.26 Å². The van der Waals surface area contributed by atoms with Crippen LogP contribution >= 0.6 is 0 Å². The maximum Gasteiger partial charge on any atom is 0.145 e. The Morgan fingerprint density at radius 2 is 1.89 bits per heavy atom. The third-order valence-electron chi connectivity index (χ3n) is 3.21. The fourth-order valence-corrected chi connectivity index (χ4v) is 2.26. The van der Waals surface area contributed by atoms with Crippen LogP contribution in [0.3, 0.4) is 0 Å². The van der Waals surface area contributed by atoms with Crippen molar-refractivity contribution in [1.82, 2.24) is 9.78 Å². The second kappa shape index (κ2) is 5.15. The Morgan fingerprint density at radius 1 is 1.26 bits per heavy atom. The third-order valence-corrected chi connectivity index (χ3v) is 3.21. The van der Waals surface area contributed by atoms with Crippen LogP contribution < -0.4 is 4.90 Å². The zero-order chi connectivity index (χ0) is 14.0. The van der Waals surface area contributed by atoms with Crippen molar-refractivity contribution in [2.24, 2.45) is 7.05 Å². The second-order valence-corrected chi connectivity index (χ2v) is 4.86. The van der Waals surface area contributed by atoms with Crippen LogP contribution in [-0.4, -0.2) is 16.8 Å². The van der Waals surface area contributed by atoms with E-state index in [0.29, 0.717) is 5.56 Å². The number of nitriles is 1. The molecule has 0 atom stereocenters. The van der Waals surface area contributed by atoms with Crippen molar-refractivity contribution in [2.45, 2.75) is 20.4 Å². The van der Waals surface area contributed by atoms with Gasteiger partial charge in [0.25, 0.3) is 0 Å². The van der Waals surface area contributed by atoms with Crippen LogP contribution in [0.25, 0.3) is 0 Å². The van der Waals surface area contributed by atoms with E-state index in [0.717, 1.165) is 18.1 Å². The SMILES string of the molecule is Cc1ccc(CN(C)c2c(C#N)c(C)nn2C)cc1. The lowest BCUT2D eigenvalue weighted by molar-refractivity contribution is 0.726. The molecule has 0 saturated heterocycles. The molecule has 0 aliphatic rings. The smallest absolute Gasteiger partial charge is 0.145 e. The molecular weight excluding hydrogens is 236 g/mol. The summed E-state index contributed by atoms with van der Waals surface area (Å²) in [7, 11) is 3.85. The topological polar surface area (TPSA) is 44.9 Å². The number of rotatable bonds is 3. The summed E-state index contributed by atoms with van der Waals surface area (Å²) in [5.41, 5.74) is 3.89. The highest BCUT2D eigenvalue weighted by molar-refractivity contribution is 5.56. The average Bonchev–Trinajstić information content (AvgIpc) is 2.66. The van der Waals surface area contributed by atoms with Crippen molar-refractivity contribution in [2.75, 3.05) is 11.9 Å². The van der Waals surface area contributed by atoms with Gasteiger partial charge in [0, 0.05) is 20.6 Å². The molecule has 98 valence electrons. The van der Waals surface area contributed by atoms with E-state index in [-0.39, 0.29) is 0 Å². The Hall–Kier alpha value is -2.28. The fourth-order valence-electron chi connectivity index (χ4n) is 2.26. The van der Waals surface area contributed by atoms with Crippen LogP contribution in [0.5, 0.6) is 0 Å². The van der Waals surface area contributed by atoms with Crippen LogP contribution in [0.4, 0.5) is 5.82 Å². The summed E-state index contributed by atoms with van der Waals surface area (Å²) in [4.78, 5) is 2.06. The monoisotopic (exact) mass is 254 g/mol. The fraction of sp³-hybridized carbons (Fsp3) is 0.333. The van der Waals surface area contributed by atoms with Gasteiger partial charge in [0.15, 0.2) is 0 Å². The number of hydrogen-bond donors (Lipinski definition) is 0. The first-order valence-corrected chi connectivity index (χ1v) is 6.23. The van der Waals surface area contributed by atoms with Gasteiger partial charge in [-0.3, -0.25) is 4.68 Å². The average molecular weight is 254 g/mol. The minimum atomic E-state index is 0.650. The summed E-state index contributed by atoms with van der Waals surface area (Å²) < 4.78 is 1.77. The molecule has 0 unspecified atom stereocenters. The van der Waals surface area contributed by atoms with Gasteiger partial charge >= 0.3 is 0 Å². The number of anilines is 1. The van der Waals surface area contributed by atoms with E-state index in [9.17, 15) is 5.26 Å². The van der Waals surface area contributed by atoms with Crippen LogP contribution in [0.15, 0.2) is 24.3 Å². The first-order chi connectivity index (χ1) is 9.02. The van der Waals surface area contributed by atoms with Gasteiger partial charge in [-0.05, 0) is 19.4 Å². The standard InChI is InChI=1S/C15H18N4/c1-11-5-7-13(8-6-11)10-18(3)15-14(9-16)12(2)17-19(15)4/h5-8H,10H2,1-4H3. The number of benzene rings is 1. The molecule has 0 fully saturated rings. The van der Waals surface area contributed by atoms with E-state index in [1.165, 1.54) is 11.1 Å². The predicted molar refractivity (Wildman–Crippen MR) is 75.9 cm³/mol. The Labute approximate surface area is 113 Å². The van der Waals surface area contributed by atoms with Crippen LogP contribution in [0, 0.1) is 25.2 Å². The highest BCUT2D eigenvalue weighted by Gasteiger charge is 2.16. The van der Waals surface area contributed by atoms with E-state index in [2.05, 4.69) is 47.3 Å². The number of nitrogens with zero attached hydrogens (tertiary/aromatic N) is 4. The van der Waals surface area contributed by atoms with Crippen LogP contribution in [0.1, 0.15) is 22.4 Å². The zero-order valence-electron chi connectivity index (χ0n) is 11.8. The number of aryl methyl sites for hydroxylation is 3. The normalized spacial score (nSPS) is 10.3. The summed E-state index contributed by atoms with van der Waals surface area (Å²) in [6.45, 7) is 4.70.